The Morgan fingerprint density at radius 1 is 1.50 bits per heavy atom. The van der Waals surface area contributed by atoms with Crippen LogP contribution in [-0.4, -0.2) is 47.6 Å². The summed E-state index contributed by atoms with van der Waals surface area (Å²) in [5.74, 6) is 0.0114. The van der Waals surface area contributed by atoms with Crippen molar-refractivity contribution >= 4 is 11.8 Å². The van der Waals surface area contributed by atoms with Gasteiger partial charge in [0, 0.05) is 19.5 Å². The number of amides is 2. The van der Waals surface area contributed by atoms with Gasteiger partial charge in [0.2, 0.25) is 5.91 Å². The Bertz CT molecular complexity index is 504. The molecule has 1 atom stereocenters. The van der Waals surface area contributed by atoms with E-state index in [-0.39, 0.29) is 36.0 Å². The Labute approximate surface area is 117 Å². The average Bonchev–Trinajstić information content (AvgIpc) is 2.77. The third kappa shape index (κ3) is 3.40. The Hall–Kier alpha value is -2.24. The van der Waals surface area contributed by atoms with Gasteiger partial charge in [-0.25, -0.2) is 0 Å². The van der Waals surface area contributed by atoms with Gasteiger partial charge in [-0.2, -0.15) is 0 Å². The summed E-state index contributed by atoms with van der Waals surface area (Å²) >= 11 is 0. The first-order valence-corrected chi connectivity index (χ1v) is 6.58. The molecule has 1 aromatic rings. The van der Waals surface area contributed by atoms with E-state index < -0.39 is 0 Å². The Morgan fingerprint density at radius 2 is 2.25 bits per heavy atom. The van der Waals surface area contributed by atoms with Crippen LogP contribution in [0, 0.1) is 0 Å². The van der Waals surface area contributed by atoms with Gasteiger partial charge in [0.05, 0.1) is 6.04 Å². The third-order valence-corrected chi connectivity index (χ3v) is 3.19. The van der Waals surface area contributed by atoms with Crippen LogP contribution in [0.2, 0.25) is 0 Å². The highest BCUT2D eigenvalue weighted by Gasteiger charge is 2.29. The van der Waals surface area contributed by atoms with Crippen molar-refractivity contribution in [2.45, 2.75) is 19.4 Å². The maximum absolute atomic E-state index is 11.7. The largest absolute Gasteiger partial charge is 0.504 e. The number of hydrogen-bond donors (Lipinski definition) is 2. The second-order valence-corrected chi connectivity index (χ2v) is 4.66. The number of benzene rings is 1. The lowest BCUT2D eigenvalue weighted by molar-refractivity contribution is -0.127. The number of aromatic hydroxyl groups is 1. The summed E-state index contributed by atoms with van der Waals surface area (Å²) in [5.41, 5.74) is 0. The van der Waals surface area contributed by atoms with Crippen LogP contribution in [0.5, 0.6) is 11.5 Å². The lowest BCUT2D eigenvalue weighted by Gasteiger charge is -2.15. The maximum Gasteiger partial charge on any atom is 0.258 e. The molecule has 1 heterocycles. The number of nitrogens with zero attached hydrogens (tertiary/aromatic N) is 1. The van der Waals surface area contributed by atoms with Crippen LogP contribution in [0.15, 0.2) is 24.3 Å². The molecule has 2 N–H and O–H groups in total. The van der Waals surface area contributed by atoms with Gasteiger partial charge in [-0.3, -0.25) is 9.59 Å². The van der Waals surface area contributed by atoms with Crippen LogP contribution in [-0.2, 0) is 9.59 Å². The quantitative estimate of drug-likeness (QED) is 0.822. The minimum absolute atomic E-state index is 0.00602. The third-order valence-electron chi connectivity index (χ3n) is 3.19. The Balaban J connectivity index is 1.79. The fourth-order valence-electron chi connectivity index (χ4n) is 2.17. The number of likely N-dealkylation sites (tertiary alicyclic amines) is 1. The molecule has 0 aromatic heterocycles. The summed E-state index contributed by atoms with van der Waals surface area (Å²) in [7, 11) is 0. The van der Waals surface area contributed by atoms with Gasteiger partial charge in [0.1, 0.15) is 0 Å². The number of rotatable bonds is 5. The molecule has 1 aliphatic rings. The van der Waals surface area contributed by atoms with E-state index in [4.69, 9.17) is 4.74 Å². The molecule has 2 amide bonds. The van der Waals surface area contributed by atoms with Gasteiger partial charge in [-0.15, -0.1) is 0 Å². The van der Waals surface area contributed by atoms with Crippen LogP contribution in [0.25, 0.3) is 0 Å². The van der Waals surface area contributed by atoms with Crippen molar-refractivity contribution in [3.05, 3.63) is 24.3 Å². The molecule has 0 saturated carbocycles. The molecule has 2 rings (SSSR count). The minimum atomic E-state index is -0.302. The van der Waals surface area contributed by atoms with Crippen LogP contribution < -0.4 is 10.1 Å². The molecule has 6 nitrogen and oxygen atoms in total. The number of phenolic OH excluding ortho intramolecular Hbond substituents is 1. The maximum atomic E-state index is 11.7. The number of ether oxygens (including phenoxy) is 1. The van der Waals surface area contributed by atoms with Crippen molar-refractivity contribution in [3.63, 3.8) is 0 Å². The second kappa shape index (κ2) is 6.27. The highest BCUT2D eigenvalue weighted by molar-refractivity contribution is 5.82. The molecule has 0 radical (unpaired) electrons. The van der Waals surface area contributed by atoms with Crippen LogP contribution in [0.4, 0.5) is 0 Å². The van der Waals surface area contributed by atoms with Gasteiger partial charge in [0.15, 0.2) is 18.1 Å². The monoisotopic (exact) mass is 278 g/mol. The van der Waals surface area contributed by atoms with Gasteiger partial charge < -0.3 is 20.1 Å². The highest BCUT2D eigenvalue weighted by Crippen LogP contribution is 2.24. The van der Waals surface area contributed by atoms with E-state index >= 15 is 0 Å². The van der Waals surface area contributed by atoms with Crippen molar-refractivity contribution in [1.82, 2.24) is 10.2 Å². The zero-order valence-electron chi connectivity index (χ0n) is 11.3. The molecule has 6 heteroatoms. The lowest BCUT2D eigenvalue weighted by atomic mass is 10.2. The van der Waals surface area contributed by atoms with Crippen molar-refractivity contribution in [1.29, 1.82) is 0 Å². The van der Waals surface area contributed by atoms with E-state index in [2.05, 4.69) is 5.32 Å². The Kier molecular flexibility index (Phi) is 4.45. The van der Waals surface area contributed by atoms with E-state index in [1.165, 1.54) is 6.07 Å². The first-order valence-electron chi connectivity index (χ1n) is 6.58. The predicted octanol–water partition coefficient (Wildman–Crippen LogP) is 0.508. The van der Waals surface area contributed by atoms with E-state index in [1.807, 2.05) is 6.92 Å². The number of phenols is 1. The van der Waals surface area contributed by atoms with Crippen molar-refractivity contribution in [3.8, 4) is 11.5 Å². The molecular weight excluding hydrogens is 260 g/mol. The predicted molar refractivity (Wildman–Crippen MR) is 72.4 cm³/mol. The number of nitrogens with one attached hydrogen (secondary N) is 1. The number of hydrogen-bond acceptors (Lipinski definition) is 4. The first kappa shape index (κ1) is 14.2. The van der Waals surface area contributed by atoms with Crippen molar-refractivity contribution < 1.29 is 19.4 Å². The van der Waals surface area contributed by atoms with Crippen molar-refractivity contribution in [2.75, 3.05) is 19.7 Å². The minimum Gasteiger partial charge on any atom is -0.504 e. The van der Waals surface area contributed by atoms with Crippen LogP contribution in [0.1, 0.15) is 13.3 Å². The van der Waals surface area contributed by atoms with E-state index in [9.17, 15) is 14.7 Å². The summed E-state index contributed by atoms with van der Waals surface area (Å²) < 4.78 is 5.23. The number of para-hydroxylation sites is 2. The van der Waals surface area contributed by atoms with Gasteiger partial charge in [-0.05, 0) is 19.1 Å². The summed E-state index contributed by atoms with van der Waals surface area (Å²) in [5, 5.41) is 12.3. The van der Waals surface area contributed by atoms with Gasteiger partial charge in [-0.1, -0.05) is 12.1 Å². The molecule has 1 saturated heterocycles. The Morgan fingerprint density at radius 3 is 2.90 bits per heavy atom. The summed E-state index contributed by atoms with van der Waals surface area (Å²) in [4.78, 5) is 25.0. The fourth-order valence-corrected chi connectivity index (χ4v) is 2.17. The van der Waals surface area contributed by atoms with Gasteiger partial charge in [0.25, 0.3) is 5.91 Å². The number of likely N-dealkylation sites (N-methyl/N-ethyl adjacent to an activating group) is 1. The molecule has 0 spiro atoms. The topological polar surface area (TPSA) is 78.9 Å². The van der Waals surface area contributed by atoms with E-state index in [0.29, 0.717) is 19.5 Å². The molecule has 1 fully saturated rings. The molecule has 1 aromatic carbocycles. The van der Waals surface area contributed by atoms with Crippen molar-refractivity contribution in [2.24, 2.45) is 0 Å². The number of carbonyl (C=O) groups is 2. The molecule has 0 unspecified atom stereocenters. The smallest absolute Gasteiger partial charge is 0.258 e. The lowest BCUT2D eigenvalue weighted by Crippen LogP contribution is -2.39. The molecular formula is C14H18N2O4. The fraction of sp³-hybridized carbons (Fsp3) is 0.429. The van der Waals surface area contributed by atoms with Crippen LogP contribution >= 0.6 is 0 Å². The summed E-state index contributed by atoms with van der Waals surface area (Å²) in [6.07, 6.45) is 0.330. The van der Waals surface area contributed by atoms with Crippen LogP contribution in [0.3, 0.4) is 0 Å². The summed E-state index contributed by atoms with van der Waals surface area (Å²) in [6, 6.07) is 6.29. The molecule has 0 aliphatic carbocycles. The highest BCUT2D eigenvalue weighted by atomic mass is 16.5. The molecule has 1 aliphatic heterocycles. The van der Waals surface area contributed by atoms with E-state index in [1.54, 1.807) is 23.1 Å². The molecule has 108 valence electrons. The molecule has 0 bridgehead atoms. The first-order chi connectivity index (χ1) is 9.60. The number of carbonyl (C=O) groups excluding carboxylic acids is 2. The van der Waals surface area contributed by atoms with E-state index in [0.717, 1.165) is 0 Å². The average molecular weight is 278 g/mol. The SMILES string of the molecule is CCN1C[C@H](NC(=O)COc2ccccc2O)CC1=O. The van der Waals surface area contributed by atoms with Gasteiger partial charge >= 0.3 is 0 Å². The second-order valence-electron chi connectivity index (χ2n) is 4.66. The molecule has 20 heavy (non-hydrogen) atoms. The summed E-state index contributed by atoms with van der Waals surface area (Å²) in [6.45, 7) is 2.91. The standard InChI is InChI=1S/C14H18N2O4/c1-2-16-8-10(7-14(16)19)15-13(18)9-20-12-6-4-3-5-11(12)17/h3-6,10,17H,2,7-9H2,1H3,(H,15,18)/t10-/m1/s1. The normalized spacial score (nSPS) is 18.1. The zero-order valence-corrected chi connectivity index (χ0v) is 11.3. The zero-order chi connectivity index (χ0) is 14.5.